The van der Waals surface area contributed by atoms with E-state index >= 15 is 0 Å². The van der Waals surface area contributed by atoms with Gasteiger partial charge in [-0.15, -0.1) is 11.3 Å². The molecule has 1 unspecified atom stereocenters. The van der Waals surface area contributed by atoms with Crippen LogP contribution in [0.2, 0.25) is 5.02 Å². The van der Waals surface area contributed by atoms with E-state index in [2.05, 4.69) is 34.7 Å². The number of halogens is 1. The number of aromatic carboxylic acids is 1. The minimum atomic E-state index is -3.79. The van der Waals surface area contributed by atoms with Crippen LogP contribution >= 0.6 is 22.9 Å². The molecule has 3 aliphatic rings. The number of aromatic nitrogens is 2. The van der Waals surface area contributed by atoms with Gasteiger partial charge in [0.05, 0.1) is 27.7 Å². The first-order valence-electron chi connectivity index (χ1n) is 22.2. The molecule has 19 heteroatoms. The fourth-order valence-electron chi connectivity index (χ4n) is 9.94. The summed E-state index contributed by atoms with van der Waals surface area (Å²) in [5.41, 5.74) is 4.72. The summed E-state index contributed by atoms with van der Waals surface area (Å²) < 4.78 is 38.2. The van der Waals surface area contributed by atoms with E-state index < -0.39 is 34.1 Å². The van der Waals surface area contributed by atoms with Crippen LogP contribution in [0.25, 0.3) is 21.5 Å². The Morgan fingerprint density at radius 1 is 0.955 bits per heavy atom. The highest BCUT2D eigenvalue weighted by Gasteiger charge is 2.42. The van der Waals surface area contributed by atoms with E-state index in [4.69, 9.17) is 21.4 Å². The molecule has 8 rings (SSSR count). The SMILES string of the molecule is C=C1NC(=O)CCC1n1c(=O)n(C)c2cc([C@H]3CC[C@H](C(=O)Nc4cccc(CS(=O)(=O)N5CC[C@H](Nc6cccc(-c7sc(C(=O)O)c(OCC(=O)O)c7Cl)c6)CC5(C)C)c4)CC3)ccc21. The Bertz CT molecular complexity index is 2970. The van der Waals surface area contributed by atoms with Crippen LogP contribution in [0.3, 0.4) is 0 Å². The van der Waals surface area contributed by atoms with Crippen molar-refractivity contribution in [1.82, 2.24) is 18.8 Å². The molecule has 1 aliphatic carbocycles. The maximum absolute atomic E-state index is 14.1. The molecule has 2 atom stereocenters. The summed E-state index contributed by atoms with van der Waals surface area (Å²) in [6, 6.07) is 19.9. The summed E-state index contributed by atoms with van der Waals surface area (Å²) in [5.74, 6) is -3.19. The largest absolute Gasteiger partial charge is 0.479 e. The fraction of sp³-hybridized carbons (Fsp3) is 0.396. The van der Waals surface area contributed by atoms with Gasteiger partial charge in [-0.2, -0.15) is 4.31 Å². The third-order valence-electron chi connectivity index (χ3n) is 13.2. The van der Waals surface area contributed by atoms with E-state index in [9.17, 15) is 37.5 Å². The number of nitrogens with one attached hydrogen (secondary N) is 3. The molecule has 5 aromatic rings. The van der Waals surface area contributed by atoms with E-state index in [1.54, 1.807) is 56.9 Å². The highest BCUT2D eigenvalue weighted by molar-refractivity contribution is 7.88. The zero-order valence-electron chi connectivity index (χ0n) is 37.3. The molecule has 2 aromatic heterocycles. The smallest absolute Gasteiger partial charge is 0.349 e. The maximum Gasteiger partial charge on any atom is 0.349 e. The number of nitrogens with zero attached hydrogens (tertiary/aromatic N) is 3. The number of aryl methyl sites for hydroxylation is 1. The van der Waals surface area contributed by atoms with Crippen molar-refractivity contribution in [2.45, 2.75) is 94.5 Å². The van der Waals surface area contributed by atoms with Crippen LogP contribution in [0, 0.1) is 5.92 Å². The van der Waals surface area contributed by atoms with Crippen molar-refractivity contribution >= 4 is 79.1 Å². The van der Waals surface area contributed by atoms with Crippen molar-refractivity contribution in [3.8, 4) is 16.2 Å². The van der Waals surface area contributed by atoms with Crippen LogP contribution in [0.1, 0.15) is 98.0 Å². The molecule has 354 valence electrons. The van der Waals surface area contributed by atoms with Gasteiger partial charge in [0.2, 0.25) is 21.8 Å². The molecule has 5 N–H and O–H groups in total. The summed E-state index contributed by atoms with van der Waals surface area (Å²) in [5, 5.41) is 28.1. The molecule has 3 fully saturated rings. The number of piperidine rings is 2. The lowest BCUT2D eigenvalue weighted by atomic mass is 9.78. The summed E-state index contributed by atoms with van der Waals surface area (Å²) in [6.07, 6.45) is 4.79. The number of thiophene rings is 1. The molecule has 2 saturated heterocycles. The number of sulfonamides is 1. The quantitative estimate of drug-likeness (QED) is 0.0719. The van der Waals surface area contributed by atoms with Gasteiger partial charge < -0.3 is 30.9 Å². The van der Waals surface area contributed by atoms with Gasteiger partial charge in [-0.05, 0) is 118 Å². The lowest BCUT2D eigenvalue weighted by Gasteiger charge is -2.45. The standard InChI is InChI=1S/C48H53ClN6O10S2/c1-27-36(17-18-39(56)50-27)55-37-16-15-31(23-38(37)53(4)47(55)62)29-11-13-30(14-12-29)45(59)52-33-9-5-7-28(21-33)26-67(63,64)54-20-19-35(24-48(54,2)3)51-34-10-6-8-32(22-34)43-41(49)42(65-25-40(57)58)44(66-43)46(60)61/h5-10,15-16,21-23,29-30,35-36,51H,1,11-14,17-20,24-26H2,2-4H3,(H,50,56)(H,52,59)(H,57,58)(H,60,61)/t29-,30-,35-,36?/m0/s1. The van der Waals surface area contributed by atoms with E-state index in [-0.39, 0.29) is 69.4 Å². The van der Waals surface area contributed by atoms with Gasteiger partial charge in [0.25, 0.3) is 0 Å². The first-order chi connectivity index (χ1) is 31.8. The number of amides is 2. The molecule has 1 saturated carbocycles. The fourth-order valence-corrected chi connectivity index (χ4v) is 13.3. The third-order valence-corrected chi connectivity index (χ3v) is 16.9. The molecule has 0 radical (unpaired) electrons. The molecule has 67 heavy (non-hydrogen) atoms. The molecule has 2 aliphatic heterocycles. The number of ether oxygens (including phenoxy) is 1. The Labute approximate surface area is 396 Å². The predicted molar refractivity (Wildman–Crippen MR) is 257 cm³/mol. The van der Waals surface area contributed by atoms with Gasteiger partial charge in [-0.1, -0.05) is 48.5 Å². The number of imidazole rings is 1. The number of carbonyl (C=O) groups is 4. The average Bonchev–Trinajstić information content (AvgIpc) is 3.73. The van der Waals surface area contributed by atoms with Crippen molar-refractivity contribution in [3.05, 3.63) is 111 Å². The number of aliphatic carboxylic acids is 1. The average molecular weight is 974 g/mol. The topological polar surface area (TPSA) is 218 Å². The zero-order valence-corrected chi connectivity index (χ0v) is 39.7. The monoisotopic (exact) mass is 972 g/mol. The third kappa shape index (κ3) is 10.0. The predicted octanol–water partition coefficient (Wildman–Crippen LogP) is 7.95. The van der Waals surface area contributed by atoms with Gasteiger partial charge in [-0.3, -0.25) is 18.7 Å². The van der Waals surface area contributed by atoms with Crippen LogP contribution in [-0.4, -0.2) is 80.6 Å². The van der Waals surface area contributed by atoms with Crippen molar-refractivity contribution in [2.24, 2.45) is 13.0 Å². The Kier molecular flexibility index (Phi) is 13.5. The zero-order chi connectivity index (χ0) is 47.9. The number of hydrogen-bond acceptors (Lipinski definition) is 10. The van der Waals surface area contributed by atoms with E-state index in [0.717, 1.165) is 46.5 Å². The Balaban J connectivity index is 0.858. The van der Waals surface area contributed by atoms with E-state index in [1.165, 1.54) is 0 Å². The molecular weight excluding hydrogens is 920 g/mol. The van der Waals surface area contributed by atoms with Crippen LogP contribution in [-0.2, 0) is 37.2 Å². The van der Waals surface area contributed by atoms with Gasteiger partial charge in [0, 0.05) is 54.6 Å². The number of rotatable bonds is 14. The maximum atomic E-state index is 14.1. The second kappa shape index (κ2) is 19.0. The highest BCUT2D eigenvalue weighted by atomic mass is 35.5. The van der Waals surface area contributed by atoms with Crippen molar-refractivity contribution in [1.29, 1.82) is 0 Å². The molecule has 3 aromatic carbocycles. The van der Waals surface area contributed by atoms with Gasteiger partial charge in [-0.25, -0.2) is 22.8 Å². The molecule has 2 amide bonds. The minimum absolute atomic E-state index is 0.00336. The summed E-state index contributed by atoms with van der Waals surface area (Å²) in [6.45, 7) is 7.32. The molecule has 0 spiro atoms. The summed E-state index contributed by atoms with van der Waals surface area (Å²) >= 11 is 7.41. The first-order valence-corrected chi connectivity index (χ1v) is 25.0. The summed E-state index contributed by atoms with van der Waals surface area (Å²) in [4.78, 5) is 62.1. The number of carbonyl (C=O) groups excluding carboxylic acids is 2. The Morgan fingerprint density at radius 2 is 1.69 bits per heavy atom. The molecular formula is C48H53ClN6O10S2. The van der Waals surface area contributed by atoms with Gasteiger partial charge in [0.1, 0.15) is 5.02 Å². The molecule has 16 nitrogen and oxygen atoms in total. The number of hydrogen-bond donors (Lipinski definition) is 5. The normalized spacial score (nSPS) is 21.1. The number of benzene rings is 3. The van der Waals surface area contributed by atoms with Crippen molar-refractivity contribution in [2.75, 3.05) is 23.8 Å². The van der Waals surface area contributed by atoms with E-state index in [1.807, 2.05) is 32.0 Å². The first kappa shape index (κ1) is 47.5. The van der Waals surface area contributed by atoms with Gasteiger partial charge >= 0.3 is 17.6 Å². The van der Waals surface area contributed by atoms with Crippen LogP contribution in [0.5, 0.6) is 5.75 Å². The lowest BCUT2D eigenvalue weighted by Crippen LogP contribution is -2.55. The molecule has 0 bridgehead atoms. The van der Waals surface area contributed by atoms with Gasteiger partial charge in [0.15, 0.2) is 17.2 Å². The van der Waals surface area contributed by atoms with Crippen molar-refractivity contribution in [3.63, 3.8) is 0 Å². The summed E-state index contributed by atoms with van der Waals surface area (Å²) in [7, 11) is -2.04. The Hall–Kier alpha value is -5.95. The van der Waals surface area contributed by atoms with E-state index in [0.29, 0.717) is 65.9 Å². The number of allylic oxidation sites excluding steroid dienone is 1. The second-order valence-corrected chi connectivity index (χ2v) is 21.6. The van der Waals surface area contributed by atoms with Crippen LogP contribution < -0.4 is 26.4 Å². The number of carboxylic acids is 2. The second-order valence-electron chi connectivity index (χ2n) is 18.3. The van der Waals surface area contributed by atoms with Crippen LogP contribution in [0.4, 0.5) is 11.4 Å². The highest BCUT2D eigenvalue weighted by Crippen LogP contribution is 2.46. The number of anilines is 2. The van der Waals surface area contributed by atoms with Crippen LogP contribution in [0.15, 0.2) is 83.8 Å². The number of carboxylic acid groups (broad SMARTS) is 2. The lowest BCUT2D eigenvalue weighted by molar-refractivity contribution is -0.139. The molecule has 4 heterocycles. The Morgan fingerprint density at radius 3 is 2.39 bits per heavy atom. The van der Waals surface area contributed by atoms with Crippen molar-refractivity contribution < 1.29 is 42.5 Å². The minimum Gasteiger partial charge on any atom is -0.479 e. The number of fused-ring (bicyclic) bond motifs is 1.